The Morgan fingerprint density at radius 2 is 1.86 bits per heavy atom. The number of thiazole rings is 1. The second-order valence-electron chi connectivity index (χ2n) is 7.55. The molecule has 8 nitrogen and oxygen atoms in total. The molecule has 0 spiro atoms. The number of aliphatic hydroxyl groups excluding tert-OH is 1. The average molecular weight is 497 g/mol. The summed E-state index contributed by atoms with van der Waals surface area (Å²) in [5.41, 5.74) is 0.239. The van der Waals surface area contributed by atoms with Gasteiger partial charge in [-0.25, -0.2) is 14.2 Å². The van der Waals surface area contributed by atoms with E-state index in [1.165, 1.54) is 37.4 Å². The predicted octanol–water partition coefficient (Wildman–Crippen LogP) is 4.40. The quantitative estimate of drug-likeness (QED) is 0.233. The number of aryl methyl sites for hydroxylation is 1. The highest BCUT2D eigenvalue weighted by Crippen LogP contribution is 2.44. The number of hydrogen-bond acceptors (Lipinski definition) is 8. The molecular weight excluding hydrogens is 475 g/mol. The maximum atomic E-state index is 15.0. The molecule has 1 saturated heterocycles. The number of amides is 1. The van der Waals surface area contributed by atoms with Crippen molar-refractivity contribution in [1.82, 2.24) is 4.98 Å². The highest BCUT2D eigenvalue weighted by atomic mass is 32.1. The van der Waals surface area contributed by atoms with Crippen molar-refractivity contribution in [2.24, 2.45) is 0 Å². The van der Waals surface area contributed by atoms with Crippen LogP contribution in [0.4, 0.5) is 9.52 Å². The summed E-state index contributed by atoms with van der Waals surface area (Å²) in [6.45, 7) is 3.37. The molecular formula is C25H21FN2O6S. The number of aromatic nitrogens is 1. The number of carbonyl (C=O) groups excluding carboxylic acids is 3. The number of hydrogen-bond donors (Lipinski definition) is 1. The van der Waals surface area contributed by atoms with Gasteiger partial charge in [-0.2, -0.15) is 0 Å². The van der Waals surface area contributed by atoms with Crippen LogP contribution in [-0.4, -0.2) is 41.5 Å². The number of halogens is 1. The van der Waals surface area contributed by atoms with Crippen LogP contribution in [0, 0.1) is 12.7 Å². The fourth-order valence-electron chi connectivity index (χ4n) is 3.80. The standard InChI is InChI=1S/C25H21FN2O6S/c1-4-34-24(32)22-13(2)27-25(35-22)28-19(16-7-5-6-8-17(16)26)18(21(30)23(28)31)20(29)14-9-11-15(33-3)12-10-14/h5-12,19,29H,4H2,1-3H3/b20-18+/t19-/m0/s1. The molecule has 35 heavy (non-hydrogen) atoms. The van der Waals surface area contributed by atoms with Gasteiger partial charge in [-0.1, -0.05) is 29.5 Å². The third-order valence-corrected chi connectivity index (χ3v) is 6.60. The SMILES string of the molecule is CCOC(=O)c1sc(N2C(=O)C(=O)/C(=C(/O)c3ccc(OC)cc3)[C@@H]2c2ccccc2F)nc1C. The van der Waals surface area contributed by atoms with Crippen molar-refractivity contribution in [2.75, 3.05) is 18.6 Å². The number of nitrogens with zero attached hydrogens (tertiary/aromatic N) is 2. The van der Waals surface area contributed by atoms with Crippen LogP contribution >= 0.6 is 11.3 Å². The first-order chi connectivity index (χ1) is 16.8. The lowest BCUT2D eigenvalue weighted by atomic mass is 9.95. The van der Waals surface area contributed by atoms with E-state index in [4.69, 9.17) is 9.47 Å². The molecule has 0 unspecified atom stereocenters. The Morgan fingerprint density at radius 3 is 2.49 bits per heavy atom. The number of ketones is 1. The Kier molecular flexibility index (Phi) is 6.65. The number of ether oxygens (including phenoxy) is 2. The molecule has 0 bridgehead atoms. The highest BCUT2D eigenvalue weighted by molar-refractivity contribution is 7.17. The molecule has 1 atom stereocenters. The molecule has 1 N–H and O–H groups in total. The third-order valence-electron chi connectivity index (χ3n) is 5.46. The van der Waals surface area contributed by atoms with Crippen molar-refractivity contribution in [3.8, 4) is 5.75 Å². The predicted molar refractivity (Wildman–Crippen MR) is 127 cm³/mol. The van der Waals surface area contributed by atoms with Crippen LogP contribution < -0.4 is 9.64 Å². The summed E-state index contributed by atoms with van der Waals surface area (Å²) in [7, 11) is 1.49. The Bertz CT molecular complexity index is 1350. The Hall–Kier alpha value is -4.05. The minimum Gasteiger partial charge on any atom is -0.507 e. The summed E-state index contributed by atoms with van der Waals surface area (Å²) in [5.74, 6) is -3.25. The van der Waals surface area contributed by atoms with Gasteiger partial charge in [0.25, 0.3) is 5.78 Å². The van der Waals surface area contributed by atoms with E-state index >= 15 is 0 Å². The van der Waals surface area contributed by atoms with E-state index in [9.17, 15) is 23.9 Å². The molecule has 0 aliphatic carbocycles. The maximum absolute atomic E-state index is 15.0. The summed E-state index contributed by atoms with van der Waals surface area (Å²) in [6, 6.07) is 10.5. The van der Waals surface area contributed by atoms with E-state index in [1.807, 2.05) is 0 Å². The Morgan fingerprint density at radius 1 is 1.17 bits per heavy atom. The molecule has 0 radical (unpaired) electrons. The van der Waals surface area contributed by atoms with Crippen LogP contribution in [0.2, 0.25) is 0 Å². The van der Waals surface area contributed by atoms with Crippen LogP contribution in [0.25, 0.3) is 5.76 Å². The zero-order valence-corrected chi connectivity index (χ0v) is 19.9. The van der Waals surface area contributed by atoms with Crippen LogP contribution in [0.1, 0.15) is 39.5 Å². The normalized spacial score (nSPS) is 17.0. The Labute approximate surface area is 204 Å². The van der Waals surface area contributed by atoms with Crippen LogP contribution in [0.15, 0.2) is 54.1 Å². The molecule has 4 rings (SSSR count). The van der Waals surface area contributed by atoms with Crippen LogP contribution in [-0.2, 0) is 14.3 Å². The van der Waals surface area contributed by atoms with Gasteiger partial charge in [-0.3, -0.25) is 14.5 Å². The third kappa shape index (κ3) is 4.28. The van der Waals surface area contributed by atoms with E-state index < -0.39 is 35.3 Å². The van der Waals surface area contributed by atoms with E-state index in [0.29, 0.717) is 11.4 Å². The lowest BCUT2D eigenvalue weighted by molar-refractivity contribution is -0.132. The average Bonchev–Trinajstić information content (AvgIpc) is 3.36. The van der Waals surface area contributed by atoms with E-state index in [2.05, 4.69) is 4.98 Å². The van der Waals surface area contributed by atoms with Crippen molar-refractivity contribution < 1.29 is 33.4 Å². The molecule has 1 amide bonds. The van der Waals surface area contributed by atoms with Gasteiger partial charge in [-0.05, 0) is 44.2 Å². The fourth-order valence-corrected chi connectivity index (χ4v) is 4.78. The van der Waals surface area contributed by atoms with Crippen LogP contribution in [0.3, 0.4) is 0 Å². The monoisotopic (exact) mass is 496 g/mol. The minimum absolute atomic E-state index is 0.00713. The van der Waals surface area contributed by atoms with Crippen molar-refractivity contribution in [1.29, 1.82) is 0 Å². The summed E-state index contributed by atoms with van der Waals surface area (Å²) in [4.78, 5) is 44.2. The van der Waals surface area contributed by atoms with E-state index in [0.717, 1.165) is 16.2 Å². The van der Waals surface area contributed by atoms with Gasteiger partial charge in [0.2, 0.25) is 0 Å². The van der Waals surface area contributed by atoms with E-state index in [-0.39, 0.29) is 33.3 Å². The molecule has 1 aliphatic heterocycles. The molecule has 3 aromatic rings. The molecule has 2 heterocycles. The van der Waals surface area contributed by atoms with Gasteiger partial charge in [0.15, 0.2) is 5.13 Å². The molecule has 10 heteroatoms. The summed E-state index contributed by atoms with van der Waals surface area (Å²) in [5, 5.41) is 11.1. The number of anilines is 1. The molecule has 1 aliphatic rings. The molecule has 0 saturated carbocycles. The highest BCUT2D eigenvalue weighted by Gasteiger charge is 2.49. The maximum Gasteiger partial charge on any atom is 0.350 e. The molecule has 1 fully saturated rings. The first-order valence-electron chi connectivity index (χ1n) is 10.6. The first kappa shape index (κ1) is 24.1. The number of esters is 1. The summed E-state index contributed by atoms with van der Waals surface area (Å²) in [6.07, 6.45) is 0. The van der Waals surface area contributed by atoms with Crippen LogP contribution in [0.5, 0.6) is 5.75 Å². The van der Waals surface area contributed by atoms with Gasteiger partial charge in [-0.15, -0.1) is 0 Å². The van der Waals surface area contributed by atoms with Crippen molar-refractivity contribution in [3.05, 3.63) is 81.6 Å². The zero-order valence-electron chi connectivity index (χ0n) is 19.1. The second kappa shape index (κ2) is 9.67. The van der Waals surface area contributed by atoms with Crippen molar-refractivity contribution in [2.45, 2.75) is 19.9 Å². The van der Waals surface area contributed by atoms with Gasteiger partial charge >= 0.3 is 11.9 Å². The van der Waals surface area contributed by atoms with Crippen molar-refractivity contribution in [3.63, 3.8) is 0 Å². The zero-order chi connectivity index (χ0) is 25.3. The van der Waals surface area contributed by atoms with Gasteiger partial charge < -0.3 is 14.6 Å². The second-order valence-corrected chi connectivity index (χ2v) is 8.53. The van der Waals surface area contributed by atoms with Gasteiger partial charge in [0.1, 0.15) is 28.2 Å². The first-order valence-corrected chi connectivity index (χ1v) is 11.4. The molecule has 1 aromatic heterocycles. The van der Waals surface area contributed by atoms with Crippen molar-refractivity contribution >= 4 is 39.9 Å². The summed E-state index contributed by atoms with van der Waals surface area (Å²) >= 11 is 0.853. The van der Waals surface area contributed by atoms with Gasteiger partial charge in [0.05, 0.1) is 25.0 Å². The number of methoxy groups -OCH3 is 1. The topological polar surface area (TPSA) is 106 Å². The fraction of sp³-hybridized carbons (Fsp3) is 0.200. The Balaban J connectivity index is 1.91. The van der Waals surface area contributed by atoms with E-state index in [1.54, 1.807) is 32.0 Å². The summed E-state index contributed by atoms with van der Waals surface area (Å²) < 4.78 is 25.1. The molecule has 2 aromatic carbocycles. The number of aliphatic hydroxyl groups is 1. The lowest BCUT2D eigenvalue weighted by Crippen LogP contribution is -2.29. The number of carbonyl (C=O) groups is 3. The lowest BCUT2D eigenvalue weighted by Gasteiger charge is -2.23. The molecule has 180 valence electrons. The smallest absolute Gasteiger partial charge is 0.350 e. The number of Topliss-reactive ketones (excluding diaryl/α,β-unsaturated/α-hetero) is 1. The number of benzene rings is 2. The van der Waals surface area contributed by atoms with Gasteiger partial charge in [0, 0.05) is 11.1 Å². The largest absolute Gasteiger partial charge is 0.507 e. The minimum atomic E-state index is -1.31. The number of rotatable bonds is 6.